The van der Waals surface area contributed by atoms with Crippen molar-refractivity contribution < 1.29 is 4.79 Å². The Morgan fingerprint density at radius 3 is 2.92 bits per heavy atom. The summed E-state index contributed by atoms with van der Waals surface area (Å²) in [5.41, 5.74) is 6.04. The minimum Gasteiger partial charge on any atom is -0.330 e. The molecule has 0 aliphatic carbocycles. The Balaban J connectivity index is 2.73. The van der Waals surface area contributed by atoms with Crippen molar-refractivity contribution in [2.75, 3.05) is 6.54 Å². The maximum absolute atomic E-state index is 11.7. The van der Waals surface area contributed by atoms with Gasteiger partial charge in [-0.2, -0.15) is 5.10 Å². The smallest absolute Gasteiger partial charge is 0.183 e. The van der Waals surface area contributed by atoms with Crippen molar-refractivity contribution in [3.8, 4) is 0 Å². The van der Waals surface area contributed by atoms with Crippen molar-refractivity contribution in [2.24, 2.45) is 18.7 Å². The van der Waals surface area contributed by atoms with Gasteiger partial charge in [0.1, 0.15) is 5.69 Å². The lowest BCUT2D eigenvalue weighted by Crippen LogP contribution is -2.18. The fraction of sp³-hybridized carbons (Fsp3) is 0.556. The standard InChI is InChI=1S/C9H15N3O/c1-7(3-5-10)9(13)8-4-6-11-12(8)2/h4,6-7H,3,5,10H2,1-2H3. The molecular formula is C9H15N3O. The number of carbonyl (C=O) groups is 1. The lowest BCUT2D eigenvalue weighted by Gasteiger charge is -2.08. The van der Waals surface area contributed by atoms with Gasteiger partial charge in [-0.1, -0.05) is 6.92 Å². The number of hydrogen-bond acceptors (Lipinski definition) is 3. The van der Waals surface area contributed by atoms with Crippen LogP contribution in [-0.4, -0.2) is 22.1 Å². The largest absolute Gasteiger partial charge is 0.330 e. The van der Waals surface area contributed by atoms with Crippen LogP contribution in [0.5, 0.6) is 0 Å². The molecule has 1 aromatic rings. The van der Waals surface area contributed by atoms with Gasteiger partial charge in [0.25, 0.3) is 0 Å². The summed E-state index contributed by atoms with van der Waals surface area (Å²) >= 11 is 0. The van der Waals surface area contributed by atoms with E-state index < -0.39 is 0 Å². The van der Waals surface area contributed by atoms with Crippen LogP contribution < -0.4 is 5.73 Å². The van der Waals surface area contributed by atoms with Crippen molar-refractivity contribution in [3.05, 3.63) is 18.0 Å². The van der Waals surface area contributed by atoms with Gasteiger partial charge in [0.05, 0.1) is 0 Å². The molecule has 0 radical (unpaired) electrons. The van der Waals surface area contributed by atoms with E-state index >= 15 is 0 Å². The summed E-state index contributed by atoms with van der Waals surface area (Å²) in [5, 5.41) is 3.94. The Kier molecular flexibility index (Phi) is 3.19. The van der Waals surface area contributed by atoms with Crippen molar-refractivity contribution in [3.63, 3.8) is 0 Å². The molecule has 0 bridgehead atoms. The predicted molar refractivity (Wildman–Crippen MR) is 50.4 cm³/mol. The first-order chi connectivity index (χ1) is 6.16. The first kappa shape index (κ1) is 9.92. The summed E-state index contributed by atoms with van der Waals surface area (Å²) in [6, 6.07) is 1.73. The Morgan fingerprint density at radius 2 is 2.46 bits per heavy atom. The highest BCUT2D eigenvalue weighted by molar-refractivity contribution is 5.95. The van der Waals surface area contributed by atoms with Crippen molar-refractivity contribution in [1.82, 2.24) is 9.78 Å². The molecule has 13 heavy (non-hydrogen) atoms. The van der Waals surface area contributed by atoms with E-state index in [0.29, 0.717) is 12.2 Å². The van der Waals surface area contributed by atoms with E-state index in [1.807, 2.05) is 6.92 Å². The average Bonchev–Trinajstić information content (AvgIpc) is 2.50. The van der Waals surface area contributed by atoms with Crippen molar-refractivity contribution >= 4 is 5.78 Å². The number of aromatic nitrogens is 2. The zero-order valence-electron chi connectivity index (χ0n) is 8.03. The van der Waals surface area contributed by atoms with E-state index in [-0.39, 0.29) is 11.7 Å². The third-order valence-corrected chi connectivity index (χ3v) is 2.12. The summed E-state index contributed by atoms with van der Waals surface area (Å²) in [7, 11) is 1.77. The van der Waals surface area contributed by atoms with Crippen LogP contribution >= 0.6 is 0 Å². The second kappa shape index (κ2) is 4.18. The number of rotatable bonds is 4. The highest BCUT2D eigenvalue weighted by atomic mass is 16.1. The number of aryl methyl sites for hydroxylation is 1. The molecule has 0 fully saturated rings. The normalized spacial score (nSPS) is 12.8. The van der Waals surface area contributed by atoms with Gasteiger partial charge in [-0.25, -0.2) is 0 Å². The van der Waals surface area contributed by atoms with Gasteiger partial charge in [0.2, 0.25) is 0 Å². The molecule has 1 unspecified atom stereocenters. The van der Waals surface area contributed by atoms with Crippen molar-refractivity contribution in [2.45, 2.75) is 13.3 Å². The summed E-state index contributed by atoms with van der Waals surface area (Å²) in [4.78, 5) is 11.7. The molecule has 0 spiro atoms. The first-order valence-corrected chi connectivity index (χ1v) is 4.39. The van der Waals surface area contributed by atoms with Crippen LogP contribution in [-0.2, 0) is 7.05 Å². The average molecular weight is 181 g/mol. The molecule has 0 aliphatic heterocycles. The number of nitrogens with zero attached hydrogens (tertiary/aromatic N) is 2. The van der Waals surface area contributed by atoms with Crippen LogP contribution in [0.15, 0.2) is 12.3 Å². The fourth-order valence-corrected chi connectivity index (χ4v) is 1.25. The lowest BCUT2D eigenvalue weighted by atomic mass is 10.0. The summed E-state index contributed by atoms with van der Waals surface area (Å²) in [5.74, 6) is 0.103. The second-order valence-electron chi connectivity index (χ2n) is 3.18. The topological polar surface area (TPSA) is 60.9 Å². The minimum absolute atomic E-state index is 0.0135. The molecule has 2 N–H and O–H groups in total. The minimum atomic E-state index is -0.0135. The Bertz CT molecular complexity index is 293. The molecule has 4 heteroatoms. The first-order valence-electron chi connectivity index (χ1n) is 4.39. The second-order valence-corrected chi connectivity index (χ2v) is 3.18. The van der Waals surface area contributed by atoms with Gasteiger partial charge in [-0.3, -0.25) is 9.48 Å². The molecule has 4 nitrogen and oxygen atoms in total. The van der Waals surface area contributed by atoms with Gasteiger partial charge in [0, 0.05) is 19.2 Å². The lowest BCUT2D eigenvalue weighted by molar-refractivity contribution is 0.0916. The van der Waals surface area contributed by atoms with Gasteiger partial charge in [-0.15, -0.1) is 0 Å². The molecule has 72 valence electrons. The Labute approximate surface area is 77.7 Å². The number of hydrogen-bond donors (Lipinski definition) is 1. The quantitative estimate of drug-likeness (QED) is 0.691. The summed E-state index contributed by atoms with van der Waals surface area (Å²) in [6.07, 6.45) is 2.35. The number of Topliss-reactive ketones (excluding diaryl/α,β-unsaturated/α-hetero) is 1. The van der Waals surface area contributed by atoms with E-state index in [1.165, 1.54) is 0 Å². The fourth-order valence-electron chi connectivity index (χ4n) is 1.25. The third kappa shape index (κ3) is 2.15. The molecule has 0 amide bonds. The van der Waals surface area contributed by atoms with Crippen LogP contribution in [0.2, 0.25) is 0 Å². The SMILES string of the molecule is CC(CCN)C(=O)c1ccnn1C. The molecule has 1 heterocycles. The van der Waals surface area contributed by atoms with Crippen LogP contribution in [0.4, 0.5) is 0 Å². The third-order valence-electron chi connectivity index (χ3n) is 2.12. The van der Waals surface area contributed by atoms with E-state index in [4.69, 9.17) is 5.73 Å². The molecule has 0 aromatic carbocycles. The zero-order valence-corrected chi connectivity index (χ0v) is 8.03. The molecule has 1 atom stereocenters. The predicted octanol–water partition coefficient (Wildman–Crippen LogP) is 0.588. The summed E-state index contributed by atoms with van der Waals surface area (Å²) in [6.45, 7) is 2.44. The van der Waals surface area contributed by atoms with E-state index in [2.05, 4.69) is 5.10 Å². The van der Waals surface area contributed by atoms with Crippen LogP contribution in [0, 0.1) is 5.92 Å². The van der Waals surface area contributed by atoms with E-state index in [9.17, 15) is 4.79 Å². The Hall–Kier alpha value is -1.16. The maximum atomic E-state index is 11.7. The Morgan fingerprint density at radius 1 is 1.77 bits per heavy atom. The number of nitrogens with two attached hydrogens (primary N) is 1. The summed E-state index contributed by atoms with van der Waals surface area (Å²) < 4.78 is 1.59. The highest BCUT2D eigenvalue weighted by Crippen LogP contribution is 2.09. The zero-order chi connectivity index (χ0) is 9.84. The molecule has 1 rings (SSSR count). The molecule has 0 saturated carbocycles. The molecular weight excluding hydrogens is 166 g/mol. The molecule has 1 aromatic heterocycles. The van der Waals surface area contributed by atoms with Gasteiger partial charge in [-0.05, 0) is 19.0 Å². The van der Waals surface area contributed by atoms with E-state index in [0.717, 1.165) is 6.42 Å². The monoisotopic (exact) mass is 181 g/mol. The van der Waals surface area contributed by atoms with E-state index in [1.54, 1.807) is 24.0 Å². The molecule has 0 aliphatic rings. The van der Waals surface area contributed by atoms with Gasteiger partial charge >= 0.3 is 0 Å². The van der Waals surface area contributed by atoms with Crippen molar-refractivity contribution in [1.29, 1.82) is 0 Å². The highest BCUT2D eigenvalue weighted by Gasteiger charge is 2.16. The van der Waals surface area contributed by atoms with Crippen LogP contribution in [0.25, 0.3) is 0 Å². The van der Waals surface area contributed by atoms with Gasteiger partial charge in [0.15, 0.2) is 5.78 Å². The number of ketones is 1. The number of carbonyl (C=O) groups excluding carboxylic acids is 1. The molecule has 0 saturated heterocycles. The van der Waals surface area contributed by atoms with Crippen LogP contribution in [0.1, 0.15) is 23.8 Å². The van der Waals surface area contributed by atoms with Gasteiger partial charge < -0.3 is 5.73 Å². The van der Waals surface area contributed by atoms with Crippen LogP contribution in [0.3, 0.4) is 0 Å². The maximum Gasteiger partial charge on any atom is 0.183 e.